The van der Waals surface area contributed by atoms with Crippen LogP contribution < -0.4 is 0 Å². The van der Waals surface area contributed by atoms with Crippen molar-refractivity contribution in [1.82, 2.24) is 5.12 Å². The van der Waals surface area contributed by atoms with Gasteiger partial charge in [-0.2, -0.15) is 0 Å². The minimum Gasteiger partial charge on any atom is -0.266 e. The number of benzene rings is 1. The third kappa shape index (κ3) is 0.689. The lowest BCUT2D eigenvalue weighted by molar-refractivity contribution is 0.0229. The normalized spacial score (nSPS) is 15.2. The van der Waals surface area contributed by atoms with Gasteiger partial charge in [-0.1, -0.05) is 16.6 Å². The Morgan fingerprint density at radius 2 is 1.42 bits per heavy atom. The van der Waals surface area contributed by atoms with Gasteiger partial charge in [0.2, 0.25) is 0 Å². The second kappa shape index (κ2) is 2.14. The van der Waals surface area contributed by atoms with Crippen molar-refractivity contribution < 1.29 is 14.1 Å². The van der Waals surface area contributed by atoms with Crippen LogP contribution in [-0.4, -0.2) is 16.9 Å². The van der Waals surface area contributed by atoms with Crippen LogP contribution in [-0.2, 0) is 0 Å². The molecule has 0 aromatic heterocycles. The van der Waals surface area contributed by atoms with Crippen molar-refractivity contribution in [3.05, 3.63) is 35.4 Å². The quantitative estimate of drug-likeness (QED) is 0.427. The number of amides is 2. The second-order valence-electron chi connectivity index (χ2n) is 2.44. The van der Waals surface area contributed by atoms with Crippen molar-refractivity contribution >= 4 is 11.8 Å². The molecule has 0 fully saturated rings. The lowest BCUT2D eigenvalue weighted by Crippen LogP contribution is -2.19. The number of hydrogen-bond donors (Lipinski definition) is 0. The molecule has 0 saturated carbocycles. The summed E-state index contributed by atoms with van der Waals surface area (Å²) >= 11 is 0. The molecule has 0 bridgehead atoms. The summed E-state index contributed by atoms with van der Waals surface area (Å²) in [6, 6.07) is 6.02. The minimum absolute atomic E-state index is 0.130. The minimum atomic E-state index is -0.879. The molecule has 0 unspecified atom stereocenters. The molecule has 1 aromatic carbocycles. The molecule has 0 atom stereocenters. The van der Waals surface area contributed by atoms with Gasteiger partial charge in [-0.3, -0.25) is 9.59 Å². The van der Waals surface area contributed by atoms with E-state index in [9.17, 15) is 14.1 Å². The van der Waals surface area contributed by atoms with Crippen molar-refractivity contribution in [2.75, 3.05) is 0 Å². The predicted molar refractivity (Wildman–Crippen MR) is 38.1 cm³/mol. The van der Waals surface area contributed by atoms with E-state index < -0.39 is 11.8 Å². The third-order valence-corrected chi connectivity index (χ3v) is 1.74. The zero-order valence-corrected chi connectivity index (χ0v) is 5.95. The largest absolute Gasteiger partial charge is 0.290 e. The standard InChI is InChI=1S/C8H4FNO2/c9-10-7(11)5-3-1-2-4-6(5)8(10)12/h1-4H. The van der Waals surface area contributed by atoms with E-state index >= 15 is 0 Å². The van der Waals surface area contributed by atoms with Gasteiger partial charge in [-0.25, -0.2) is 0 Å². The van der Waals surface area contributed by atoms with Gasteiger partial charge < -0.3 is 0 Å². The molecule has 0 N–H and O–H groups in total. The Bertz CT molecular complexity index is 340. The highest BCUT2D eigenvalue weighted by atomic mass is 19.2. The molecule has 1 aromatic rings. The Balaban J connectivity index is 2.67. The highest BCUT2D eigenvalue weighted by molar-refractivity contribution is 6.20. The molecule has 1 aliphatic heterocycles. The molecule has 12 heavy (non-hydrogen) atoms. The number of carbonyl (C=O) groups excluding carboxylic acids is 2. The molecule has 2 rings (SSSR count). The lowest BCUT2D eigenvalue weighted by Gasteiger charge is -1.95. The molecule has 0 aliphatic carbocycles. The Morgan fingerprint density at radius 1 is 1.00 bits per heavy atom. The Hall–Kier alpha value is -1.71. The molecule has 1 heterocycles. The Morgan fingerprint density at radius 3 is 1.83 bits per heavy atom. The van der Waals surface area contributed by atoms with E-state index in [0.717, 1.165) is 0 Å². The Kier molecular flexibility index (Phi) is 1.24. The van der Waals surface area contributed by atoms with Crippen LogP contribution in [0.15, 0.2) is 24.3 Å². The molecule has 60 valence electrons. The van der Waals surface area contributed by atoms with E-state index in [-0.39, 0.29) is 16.2 Å². The predicted octanol–water partition coefficient (Wildman–Crippen LogP) is 1.17. The van der Waals surface area contributed by atoms with Crippen LogP contribution in [0, 0.1) is 0 Å². The average Bonchev–Trinajstić information content (AvgIpc) is 2.33. The molecule has 3 nitrogen and oxygen atoms in total. The number of hydrogen-bond acceptors (Lipinski definition) is 2. The number of nitrogens with zero attached hydrogens (tertiary/aromatic N) is 1. The van der Waals surface area contributed by atoms with Crippen molar-refractivity contribution in [3.8, 4) is 0 Å². The zero-order chi connectivity index (χ0) is 8.72. The maximum atomic E-state index is 12.6. The van der Waals surface area contributed by atoms with Gasteiger partial charge in [0.25, 0.3) is 11.8 Å². The van der Waals surface area contributed by atoms with Crippen LogP contribution in [0.25, 0.3) is 0 Å². The van der Waals surface area contributed by atoms with Gasteiger partial charge in [0.15, 0.2) is 0 Å². The third-order valence-electron chi connectivity index (χ3n) is 1.74. The van der Waals surface area contributed by atoms with E-state index in [4.69, 9.17) is 0 Å². The molecule has 2 amide bonds. The summed E-state index contributed by atoms with van der Waals surface area (Å²) in [4.78, 5) is 21.9. The smallest absolute Gasteiger partial charge is 0.266 e. The summed E-state index contributed by atoms with van der Waals surface area (Å²) < 4.78 is 12.6. The maximum Gasteiger partial charge on any atom is 0.290 e. The van der Waals surface area contributed by atoms with E-state index in [2.05, 4.69) is 0 Å². The first kappa shape index (κ1) is 6.97. The summed E-state index contributed by atoms with van der Waals surface area (Å²) in [5.74, 6) is -1.76. The molecular formula is C8H4FNO2. The second-order valence-corrected chi connectivity index (χ2v) is 2.44. The van der Waals surface area contributed by atoms with E-state index in [1.165, 1.54) is 12.1 Å². The molecular weight excluding hydrogens is 161 g/mol. The fraction of sp³-hybridized carbons (Fsp3) is 0. The van der Waals surface area contributed by atoms with Crippen molar-refractivity contribution in [3.63, 3.8) is 0 Å². The first-order valence-electron chi connectivity index (χ1n) is 3.35. The van der Waals surface area contributed by atoms with Gasteiger partial charge in [-0.05, 0) is 12.1 Å². The number of halogens is 1. The summed E-state index contributed by atoms with van der Waals surface area (Å²) in [7, 11) is 0. The molecule has 0 saturated heterocycles. The van der Waals surface area contributed by atoms with Gasteiger partial charge >= 0.3 is 0 Å². The topological polar surface area (TPSA) is 37.4 Å². The number of fused-ring (bicyclic) bond motifs is 1. The molecule has 1 aliphatic rings. The summed E-state index contributed by atoms with van der Waals surface area (Å²) in [6.07, 6.45) is 0. The highest BCUT2D eigenvalue weighted by Crippen LogP contribution is 2.21. The number of rotatable bonds is 0. The van der Waals surface area contributed by atoms with E-state index in [0.29, 0.717) is 0 Å². The van der Waals surface area contributed by atoms with Crippen LogP contribution >= 0.6 is 0 Å². The van der Waals surface area contributed by atoms with Crippen LogP contribution in [0.4, 0.5) is 4.48 Å². The van der Waals surface area contributed by atoms with Gasteiger partial charge in [0.05, 0.1) is 11.1 Å². The van der Waals surface area contributed by atoms with Crippen molar-refractivity contribution in [2.45, 2.75) is 0 Å². The number of imide groups is 1. The van der Waals surface area contributed by atoms with Crippen LogP contribution in [0.3, 0.4) is 0 Å². The van der Waals surface area contributed by atoms with Crippen LogP contribution in [0.1, 0.15) is 20.7 Å². The molecule has 0 spiro atoms. The highest BCUT2D eigenvalue weighted by Gasteiger charge is 2.35. The zero-order valence-electron chi connectivity index (χ0n) is 5.95. The van der Waals surface area contributed by atoms with E-state index in [1.54, 1.807) is 12.1 Å². The van der Waals surface area contributed by atoms with Crippen LogP contribution in [0.2, 0.25) is 0 Å². The average molecular weight is 165 g/mol. The Labute approximate surface area is 67.3 Å². The summed E-state index contributed by atoms with van der Waals surface area (Å²) in [5.41, 5.74) is 0.259. The fourth-order valence-corrected chi connectivity index (χ4v) is 1.16. The van der Waals surface area contributed by atoms with E-state index in [1.807, 2.05) is 0 Å². The lowest BCUT2D eigenvalue weighted by atomic mass is 10.1. The number of carbonyl (C=O) groups is 2. The molecule has 0 radical (unpaired) electrons. The first-order valence-corrected chi connectivity index (χ1v) is 3.35. The molecule has 4 heteroatoms. The van der Waals surface area contributed by atoms with Gasteiger partial charge in [0.1, 0.15) is 0 Å². The monoisotopic (exact) mass is 165 g/mol. The summed E-state index contributed by atoms with van der Waals surface area (Å²) in [6.45, 7) is 0. The first-order chi connectivity index (χ1) is 5.72. The van der Waals surface area contributed by atoms with Crippen LogP contribution in [0.5, 0.6) is 0 Å². The van der Waals surface area contributed by atoms with Gasteiger partial charge in [0, 0.05) is 0 Å². The van der Waals surface area contributed by atoms with Gasteiger partial charge in [-0.15, -0.1) is 5.12 Å². The fourth-order valence-electron chi connectivity index (χ4n) is 1.16. The maximum absolute atomic E-state index is 12.6. The van der Waals surface area contributed by atoms with Crippen molar-refractivity contribution in [1.29, 1.82) is 0 Å². The SMILES string of the molecule is O=C1c2ccccc2C(=O)N1F. The van der Waals surface area contributed by atoms with Crippen molar-refractivity contribution in [2.24, 2.45) is 0 Å². The summed E-state index contributed by atoms with van der Waals surface area (Å²) in [5, 5.41) is -0.370.